The number of hydrogen-bond acceptors (Lipinski definition) is 3. The molecule has 0 bridgehead atoms. The van der Waals surface area contributed by atoms with Crippen LogP contribution in [0, 0.1) is 11.3 Å². The zero-order chi connectivity index (χ0) is 12.0. The van der Waals surface area contributed by atoms with Gasteiger partial charge in [-0.15, -0.1) is 11.3 Å². The predicted molar refractivity (Wildman–Crippen MR) is 65.0 cm³/mol. The van der Waals surface area contributed by atoms with Gasteiger partial charge in [0.25, 0.3) is 0 Å². The lowest BCUT2D eigenvalue weighted by atomic mass is 10.2. The summed E-state index contributed by atoms with van der Waals surface area (Å²) in [6, 6.07) is 5.53. The summed E-state index contributed by atoms with van der Waals surface area (Å²) in [5.74, 6) is 0.0433. The smallest absolute Gasteiger partial charge is 0.223 e. The standard InChI is InChI=1S/C12H16N2OS/c1-3-4-7-12(15)14(2)10(9-13)11-6-5-8-16-11/h5-6,8,10H,3-4,7H2,1-2H3. The molecule has 1 aromatic rings. The fourth-order valence-corrected chi connectivity index (χ4v) is 2.25. The molecular weight excluding hydrogens is 220 g/mol. The highest BCUT2D eigenvalue weighted by molar-refractivity contribution is 7.10. The van der Waals surface area contributed by atoms with Gasteiger partial charge < -0.3 is 4.90 Å². The minimum Gasteiger partial charge on any atom is -0.325 e. The molecule has 0 radical (unpaired) electrons. The SMILES string of the molecule is CCCCC(=O)N(C)C(C#N)c1cccs1. The second-order valence-corrected chi connectivity index (χ2v) is 4.63. The van der Waals surface area contributed by atoms with E-state index in [1.807, 2.05) is 24.4 Å². The highest BCUT2D eigenvalue weighted by atomic mass is 32.1. The van der Waals surface area contributed by atoms with Crippen molar-refractivity contribution in [2.24, 2.45) is 0 Å². The van der Waals surface area contributed by atoms with Crippen LogP contribution in [0.3, 0.4) is 0 Å². The number of rotatable bonds is 5. The summed E-state index contributed by atoms with van der Waals surface area (Å²) in [6.45, 7) is 2.05. The van der Waals surface area contributed by atoms with Crippen LogP contribution >= 0.6 is 11.3 Å². The molecule has 1 rings (SSSR count). The average Bonchev–Trinajstić information content (AvgIpc) is 2.80. The van der Waals surface area contributed by atoms with Crippen LogP contribution in [-0.2, 0) is 4.79 Å². The molecule has 4 heteroatoms. The Kier molecular flexibility index (Phi) is 5.00. The van der Waals surface area contributed by atoms with Crippen LogP contribution in [0.25, 0.3) is 0 Å². The number of hydrogen-bond donors (Lipinski definition) is 0. The maximum atomic E-state index is 11.8. The van der Waals surface area contributed by atoms with Crippen molar-refractivity contribution in [2.45, 2.75) is 32.2 Å². The molecule has 0 saturated heterocycles. The molecule has 86 valence electrons. The van der Waals surface area contributed by atoms with Gasteiger partial charge in [0, 0.05) is 18.3 Å². The molecule has 0 spiro atoms. The molecule has 1 amide bonds. The van der Waals surface area contributed by atoms with Gasteiger partial charge in [-0.1, -0.05) is 19.4 Å². The predicted octanol–water partition coefficient (Wildman–Crippen LogP) is 2.96. The van der Waals surface area contributed by atoms with E-state index in [0.29, 0.717) is 6.42 Å². The van der Waals surface area contributed by atoms with Gasteiger partial charge in [-0.25, -0.2) is 0 Å². The maximum Gasteiger partial charge on any atom is 0.223 e. The molecule has 0 aromatic carbocycles. The van der Waals surface area contributed by atoms with E-state index in [0.717, 1.165) is 17.7 Å². The molecule has 3 nitrogen and oxygen atoms in total. The number of unbranched alkanes of at least 4 members (excludes halogenated alkanes) is 1. The van der Waals surface area contributed by atoms with E-state index in [1.165, 1.54) is 11.3 Å². The normalized spacial score (nSPS) is 11.8. The van der Waals surface area contributed by atoms with Gasteiger partial charge in [0.1, 0.15) is 0 Å². The van der Waals surface area contributed by atoms with Gasteiger partial charge in [0.2, 0.25) is 5.91 Å². The van der Waals surface area contributed by atoms with Gasteiger partial charge in [-0.2, -0.15) is 5.26 Å². The number of carbonyl (C=O) groups is 1. The Morgan fingerprint density at radius 2 is 2.44 bits per heavy atom. The lowest BCUT2D eigenvalue weighted by Crippen LogP contribution is -2.29. The van der Waals surface area contributed by atoms with Crippen LogP contribution in [-0.4, -0.2) is 17.9 Å². The van der Waals surface area contributed by atoms with Crippen LogP contribution in [0.1, 0.15) is 37.1 Å². The highest BCUT2D eigenvalue weighted by Crippen LogP contribution is 2.24. The van der Waals surface area contributed by atoms with Crippen molar-refractivity contribution in [1.82, 2.24) is 4.90 Å². The van der Waals surface area contributed by atoms with E-state index in [4.69, 9.17) is 5.26 Å². The highest BCUT2D eigenvalue weighted by Gasteiger charge is 2.21. The van der Waals surface area contributed by atoms with Gasteiger partial charge in [-0.05, 0) is 17.9 Å². The van der Waals surface area contributed by atoms with E-state index >= 15 is 0 Å². The van der Waals surface area contributed by atoms with Crippen molar-refractivity contribution >= 4 is 17.2 Å². The van der Waals surface area contributed by atoms with Gasteiger partial charge in [0.05, 0.1) is 6.07 Å². The second-order valence-electron chi connectivity index (χ2n) is 3.66. The minimum atomic E-state index is -0.440. The number of thiophene rings is 1. The Morgan fingerprint density at radius 1 is 1.69 bits per heavy atom. The Labute approximate surface area is 100 Å². The Balaban J connectivity index is 2.67. The lowest BCUT2D eigenvalue weighted by molar-refractivity contribution is -0.131. The molecule has 0 fully saturated rings. The molecule has 16 heavy (non-hydrogen) atoms. The van der Waals surface area contributed by atoms with Gasteiger partial charge in [0.15, 0.2) is 6.04 Å². The third-order valence-electron chi connectivity index (χ3n) is 2.46. The molecule has 0 saturated carbocycles. The first-order valence-electron chi connectivity index (χ1n) is 5.39. The number of amides is 1. The van der Waals surface area contributed by atoms with E-state index in [9.17, 15) is 4.79 Å². The molecule has 0 aliphatic heterocycles. The molecule has 0 aliphatic rings. The van der Waals surface area contributed by atoms with E-state index in [1.54, 1.807) is 11.9 Å². The molecule has 1 unspecified atom stereocenters. The Bertz CT molecular complexity index is 367. The van der Waals surface area contributed by atoms with Crippen LogP contribution in [0.5, 0.6) is 0 Å². The van der Waals surface area contributed by atoms with Crippen molar-refractivity contribution in [3.8, 4) is 6.07 Å². The lowest BCUT2D eigenvalue weighted by Gasteiger charge is -2.21. The zero-order valence-corrected chi connectivity index (χ0v) is 10.5. The average molecular weight is 236 g/mol. The Hall–Kier alpha value is -1.34. The number of nitriles is 1. The van der Waals surface area contributed by atoms with Gasteiger partial charge in [-0.3, -0.25) is 4.79 Å². The number of nitrogens with zero attached hydrogens (tertiary/aromatic N) is 2. The van der Waals surface area contributed by atoms with Crippen molar-refractivity contribution in [2.75, 3.05) is 7.05 Å². The van der Waals surface area contributed by atoms with Crippen LogP contribution in [0.4, 0.5) is 0 Å². The summed E-state index contributed by atoms with van der Waals surface area (Å²) in [7, 11) is 1.70. The molecule has 0 aliphatic carbocycles. The number of carbonyl (C=O) groups excluding carboxylic acids is 1. The van der Waals surface area contributed by atoms with Crippen LogP contribution in [0.15, 0.2) is 17.5 Å². The summed E-state index contributed by atoms with van der Waals surface area (Å²) in [5, 5.41) is 11.0. The van der Waals surface area contributed by atoms with E-state index < -0.39 is 6.04 Å². The van der Waals surface area contributed by atoms with Crippen molar-refractivity contribution in [3.63, 3.8) is 0 Å². The van der Waals surface area contributed by atoms with E-state index in [2.05, 4.69) is 6.07 Å². The summed E-state index contributed by atoms with van der Waals surface area (Å²) in [4.78, 5) is 14.2. The Morgan fingerprint density at radius 3 is 2.94 bits per heavy atom. The van der Waals surface area contributed by atoms with Crippen molar-refractivity contribution in [3.05, 3.63) is 22.4 Å². The molecule has 0 N–H and O–H groups in total. The van der Waals surface area contributed by atoms with Crippen molar-refractivity contribution < 1.29 is 4.79 Å². The monoisotopic (exact) mass is 236 g/mol. The first kappa shape index (κ1) is 12.7. The zero-order valence-electron chi connectivity index (χ0n) is 9.64. The largest absolute Gasteiger partial charge is 0.325 e. The fraction of sp³-hybridized carbons (Fsp3) is 0.500. The topological polar surface area (TPSA) is 44.1 Å². The third-order valence-corrected chi connectivity index (χ3v) is 3.38. The van der Waals surface area contributed by atoms with E-state index in [-0.39, 0.29) is 5.91 Å². The summed E-state index contributed by atoms with van der Waals surface area (Å²) < 4.78 is 0. The first-order chi connectivity index (χ1) is 7.70. The summed E-state index contributed by atoms with van der Waals surface area (Å²) in [5.41, 5.74) is 0. The molecule has 1 aromatic heterocycles. The van der Waals surface area contributed by atoms with Crippen molar-refractivity contribution in [1.29, 1.82) is 5.26 Å². The minimum absolute atomic E-state index is 0.0433. The first-order valence-corrected chi connectivity index (χ1v) is 6.27. The molecule has 1 heterocycles. The van der Waals surface area contributed by atoms with Crippen LogP contribution in [0.2, 0.25) is 0 Å². The molecular formula is C12H16N2OS. The maximum absolute atomic E-state index is 11.8. The second kappa shape index (κ2) is 6.29. The summed E-state index contributed by atoms with van der Waals surface area (Å²) >= 11 is 1.51. The van der Waals surface area contributed by atoms with Gasteiger partial charge >= 0.3 is 0 Å². The van der Waals surface area contributed by atoms with Crippen LogP contribution < -0.4 is 0 Å². The molecule has 1 atom stereocenters. The summed E-state index contributed by atoms with van der Waals surface area (Å²) in [6.07, 6.45) is 2.40. The third kappa shape index (κ3) is 3.07. The fourth-order valence-electron chi connectivity index (χ4n) is 1.44. The quantitative estimate of drug-likeness (QED) is 0.789.